The molecule has 3 aliphatic rings. The number of hydrogen-bond acceptors (Lipinski definition) is 4. The van der Waals surface area contributed by atoms with Gasteiger partial charge >= 0.3 is 0 Å². The second kappa shape index (κ2) is 8.89. The Balaban J connectivity index is 1.54. The molecule has 4 atom stereocenters. The van der Waals surface area contributed by atoms with Crippen molar-refractivity contribution < 1.29 is 14.4 Å². The SMILES string of the molecule is O=C(c1ccccc1)C1C(C(=O)c2ccc(Br)cc2)C2(C(=O)Nc3ccccc32)C2C=Cc3ccccc3N12. The van der Waals surface area contributed by atoms with E-state index in [0.29, 0.717) is 16.8 Å². The summed E-state index contributed by atoms with van der Waals surface area (Å²) in [6.45, 7) is 0. The maximum Gasteiger partial charge on any atom is 0.238 e. The molecular formula is C33H23BrN2O3. The molecule has 1 fully saturated rings. The van der Waals surface area contributed by atoms with Crippen molar-refractivity contribution >= 4 is 50.9 Å². The Kier molecular flexibility index (Phi) is 5.42. The van der Waals surface area contributed by atoms with Gasteiger partial charge < -0.3 is 10.2 Å². The minimum atomic E-state index is -1.31. The Morgan fingerprint density at radius 1 is 0.769 bits per heavy atom. The highest BCUT2D eigenvalue weighted by Crippen LogP contribution is 2.58. The molecule has 190 valence electrons. The number of carbonyl (C=O) groups is 3. The van der Waals surface area contributed by atoms with Crippen LogP contribution in [0.4, 0.5) is 11.4 Å². The lowest BCUT2D eigenvalue weighted by molar-refractivity contribution is -0.121. The third-order valence-corrected chi connectivity index (χ3v) is 8.81. The maximum absolute atomic E-state index is 14.7. The molecule has 1 N–H and O–H groups in total. The average molecular weight is 575 g/mol. The van der Waals surface area contributed by atoms with Gasteiger partial charge in [-0.2, -0.15) is 0 Å². The fourth-order valence-electron chi connectivity index (χ4n) is 6.69. The zero-order valence-corrected chi connectivity index (χ0v) is 22.3. The number of para-hydroxylation sites is 2. The molecule has 4 unspecified atom stereocenters. The van der Waals surface area contributed by atoms with Gasteiger partial charge in [0.25, 0.3) is 0 Å². The summed E-state index contributed by atoms with van der Waals surface area (Å²) in [5.74, 6) is -1.66. The molecule has 7 rings (SSSR count). The lowest BCUT2D eigenvalue weighted by atomic mass is 9.64. The highest BCUT2D eigenvalue weighted by atomic mass is 79.9. The van der Waals surface area contributed by atoms with Gasteiger partial charge in [-0.1, -0.05) is 107 Å². The Morgan fingerprint density at radius 3 is 2.23 bits per heavy atom. The lowest BCUT2D eigenvalue weighted by Gasteiger charge is -2.37. The number of nitrogens with zero attached hydrogens (tertiary/aromatic N) is 1. The number of Topliss-reactive ketones (excluding diaryl/α,β-unsaturated/α-hetero) is 2. The van der Waals surface area contributed by atoms with Crippen molar-refractivity contribution in [2.75, 3.05) is 10.2 Å². The van der Waals surface area contributed by atoms with Crippen LogP contribution in [0.25, 0.3) is 6.08 Å². The molecule has 0 bridgehead atoms. The second-order valence-electron chi connectivity index (χ2n) is 10.2. The smallest absolute Gasteiger partial charge is 0.238 e. The topological polar surface area (TPSA) is 66.5 Å². The van der Waals surface area contributed by atoms with Crippen LogP contribution in [0.5, 0.6) is 0 Å². The van der Waals surface area contributed by atoms with Gasteiger partial charge in [-0.25, -0.2) is 0 Å². The molecule has 1 amide bonds. The molecular weight excluding hydrogens is 552 g/mol. The maximum atomic E-state index is 14.7. The summed E-state index contributed by atoms with van der Waals surface area (Å²) in [6, 6.07) is 30.1. The van der Waals surface area contributed by atoms with E-state index in [1.807, 2.05) is 95.9 Å². The quantitative estimate of drug-likeness (QED) is 0.290. The second-order valence-corrected chi connectivity index (χ2v) is 11.1. The number of nitrogens with one attached hydrogen (secondary N) is 1. The van der Waals surface area contributed by atoms with E-state index >= 15 is 0 Å². The first kappa shape index (κ1) is 23.8. The van der Waals surface area contributed by atoms with Crippen molar-refractivity contribution in [3.8, 4) is 0 Å². The van der Waals surface area contributed by atoms with Gasteiger partial charge in [-0.15, -0.1) is 0 Å². The van der Waals surface area contributed by atoms with Crippen LogP contribution in [0.2, 0.25) is 0 Å². The summed E-state index contributed by atoms with van der Waals surface area (Å²) in [5.41, 5.74) is 2.86. The Bertz CT molecular complexity index is 1680. The molecule has 4 aromatic rings. The van der Waals surface area contributed by atoms with E-state index in [4.69, 9.17) is 0 Å². The van der Waals surface area contributed by atoms with Crippen LogP contribution in [0.15, 0.2) is 114 Å². The zero-order valence-electron chi connectivity index (χ0n) is 20.8. The lowest BCUT2D eigenvalue weighted by Crippen LogP contribution is -2.51. The molecule has 0 aliphatic carbocycles. The van der Waals surface area contributed by atoms with Gasteiger partial charge in [0.05, 0.1) is 12.0 Å². The molecule has 3 aliphatic heterocycles. The van der Waals surface area contributed by atoms with Gasteiger partial charge in [0.2, 0.25) is 5.91 Å². The van der Waals surface area contributed by atoms with E-state index in [0.717, 1.165) is 21.3 Å². The van der Waals surface area contributed by atoms with Crippen molar-refractivity contribution in [1.82, 2.24) is 0 Å². The highest BCUT2D eigenvalue weighted by Gasteiger charge is 2.70. The van der Waals surface area contributed by atoms with Crippen LogP contribution >= 0.6 is 15.9 Å². The van der Waals surface area contributed by atoms with E-state index < -0.39 is 23.4 Å². The van der Waals surface area contributed by atoms with E-state index in [1.54, 1.807) is 24.3 Å². The van der Waals surface area contributed by atoms with Crippen LogP contribution < -0.4 is 10.2 Å². The van der Waals surface area contributed by atoms with E-state index in [-0.39, 0.29) is 17.5 Å². The summed E-state index contributed by atoms with van der Waals surface area (Å²) in [5, 5.41) is 3.06. The molecule has 6 heteroatoms. The van der Waals surface area contributed by atoms with Crippen molar-refractivity contribution in [3.63, 3.8) is 0 Å². The van der Waals surface area contributed by atoms with Gasteiger partial charge in [-0.05, 0) is 35.4 Å². The van der Waals surface area contributed by atoms with Crippen molar-refractivity contribution in [2.24, 2.45) is 5.92 Å². The standard InChI is InChI=1S/C33H23BrN2O3/c34-23-17-14-22(15-18-23)30(37)28-29(31(38)21-9-2-1-3-10-21)36-26-13-7-4-8-20(26)16-19-27(36)33(28)24-11-5-6-12-25(24)35-32(33)39/h1-19,27-29H,(H,35,39). The first-order chi connectivity index (χ1) is 19.0. The first-order valence-corrected chi connectivity index (χ1v) is 13.7. The summed E-state index contributed by atoms with van der Waals surface area (Å²) < 4.78 is 0.843. The first-order valence-electron chi connectivity index (χ1n) is 12.9. The molecule has 0 radical (unpaired) electrons. The van der Waals surface area contributed by atoms with Crippen LogP contribution in [-0.4, -0.2) is 29.6 Å². The van der Waals surface area contributed by atoms with Crippen LogP contribution in [0, 0.1) is 5.92 Å². The predicted octanol–water partition coefficient (Wildman–Crippen LogP) is 6.31. The van der Waals surface area contributed by atoms with E-state index in [1.165, 1.54) is 0 Å². The number of ketones is 2. The number of rotatable bonds is 4. The molecule has 39 heavy (non-hydrogen) atoms. The largest absolute Gasteiger partial charge is 0.352 e. The van der Waals surface area contributed by atoms with Crippen molar-refractivity contribution in [3.05, 3.63) is 136 Å². The van der Waals surface area contributed by atoms with Gasteiger partial charge in [-0.3, -0.25) is 14.4 Å². The minimum Gasteiger partial charge on any atom is -0.352 e. The summed E-state index contributed by atoms with van der Waals surface area (Å²) >= 11 is 3.46. The third-order valence-electron chi connectivity index (χ3n) is 8.28. The Labute approximate surface area is 234 Å². The minimum absolute atomic E-state index is 0.185. The molecule has 0 aromatic heterocycles. The number of amides is 1. The molecule has 0 saturated carbocycles. The summed E-state index contributed by atoms with van der Waals surface area (Å²) in [4.78, 5) is 45.5. The Hall–Kier alpha value is -4.29. The van der Waals surface area contributed by atoms with E-state index in [2.05, 4.69) is 21.2 Å². The normalized spacial score (nSPS) is 24.2. The van der Waals surface area contributed by atoms with Crippen molar-refractivity contribution in [2.45, 2.75) is 17.5 Å². The third kappa shape index (κ3) is 3.34. The summed E-state index contributed by atoms with van der Waals surface area (Å²) in [7, 11) is 0. The van der Waals surface area contributed by atoms with Crippen LogP contribution in [-0.2, 0) is 10.2 Å². The predicted molar refractivity (Wildman–Crippen MR) is 155 cm³/mol. The number of carbonyl (C=O) groups excluding carboxylic acids is 3. The van der Waals surface area contributed by atoms with Crippen molar-refractivity contribution in [1.29, 1.82) is 0 Å². The fraction of sp³-hybridized carbons (Fsp3) is 0.121. The van der Waals surface area contributed by atoms with E-state index in [9.17, 15) is 14.4 Å². The van der Waals surface area contributed by atoms with Crippen LogP contribution in [0.1, 0.15) is 31.8 Å². The monoisotopic (exact) mass is 574 g/mol. The van der Waals surface area contributed by atoms with Gasteiger partial charge in [0.1, 0.15) is 11.5 Å². The van der Waals surface area contributed by atoms with Crippen LogP contribution in [0.3, 0.4) is 0 Å². The number of anilines is 2. The van der Waals surface area contributed by atoms with Gasteiger partial charge in [0, 0.05) is 27.0 Å². The Morgan fingerprint density at radius 2 is 1.44 bits per heavy atom. The number of benzene rings is 4. The molecule has 1 saturated heterocycles. The summed E-state index contributed by atoms with van der Waals surface area (Å²) in [6.07, 6.45) is 3.99. The number of halogens is 1. The van der Waals surface area contributed by atoms with Gasteiger partial charge in [0.15, 0.2) is 11.6 Å². The molecule has 1 spiro atoms. The molecule has 3 heterocycles. The highest BCUT2D eigenvalue weighted by molar-refractivity contribution is 9.10. The number of fused-ring (bicyclic) bond motifs is 6. The fourth-order valence-corrected chi connectivity index (χ4v) is 6.95. The molecule has 5 nitrogen and oxygen atoms in total. The zero-order chi connectivity index (χ0) is 26.7. The molecule has 4 aromatic carbocycles. The number of hydrogen-bond donors (Lipinski definition) is 1. The average Bonchev–Trinajstić information content (AvgIpc) is 3.45.